The average molecular weight is 399 g/mol. The maximum Gasteiger partial charge on any atom is 0.413 e. The van der Waals surface area contributed by atoms with Gasteiger partial charge in [0.25, 0.3) is 0 Å². The molecule has 0 radical (unpaired) electrons. The molecule has 0 saturated carbocycles. The van der Waals surface area contributed by atoms with E-state index in [0.29, 0.717) is 24.1 Å². The number of nitrogens with one attached hydrogen (secondary N) is 1. The van der Waals surface area contributed by atoms with Crippen molar-refractivity contribution in [2.45, 2.75) is 0 Å². The van der Waals surface area contributed by atoms with Gasteiger partial charge in [0, 0.05) is 31.4 Å². The lowest BCUT2D eigenvalue weighted by Gasteiger charge is -2.26. The van der Waals surface area contributed by atoms with Crippen molar-refractivity contribution >= 4 is 38.6 Å². The largest absolute Gasteiger partial charge is 0.448 e. The van der Waals surface area contributed by atoms with E-state index in [2.05, 4.69) is 20.2 Å². The molecular weight excluding hydrogens is 378 g/mol. The monoisotopic (exact) mass is 399 g/mol. The molecule has 1 aliphatic rings. The topological polar surface area (TPSA) is 103 Å². The predicted molar refractivity (Wildman–Crippen MR) is 109 cm³/mol. The highest BCUT2D eigenvalue weighted by molar-refractivity contribution is 7.22. The molecule has 1 fully saturated rings. The number of pyridine rings is 1. The number of fused-ring (bicyclic) bond motifs is 1. The number of hydrogen-bond acceptors (Lipinski definition) is 8. The minimum Gasteiger partial charge on any atom is -0.448 e. The van der Waals surface area contributed by atoms with Crippen LogP contribution >= 0.6 is 11.3 Å². The van der Waals surface area contributed by atoms with Crippen LogP contribution in [0.4, 0.5) is 15.7 Å². The first-order chi connectivity index (χ1) is 13.7. The van der Waals surface area contributed by atoms with Gasteiger partial charge in [-0.2, -0.15) is 0 Å². The zero-order chi connectivity index (χ0) is 19.3. The molecule has 1 aromatic carbocycles. The number of nitrogens with two attached hydrogens (primary N) is 1. The minimum atomic E-state index is -0.490. The number of benzene rings is 1. The first-order valence-corrected chi connectivity index (χ1v) is 9.85. The maximum absolute atomic E-state index is 12.0. The Bertz CT molecular complexity index is 954. The number of carbonyl (C=O) groups excluding carboxylic acids is 1. The number of anilines is 2. The molecule has 146 valence electrons. The van der Waals surface area contributed by atoms with Crippen LogP contribution < -0.4 is 11.1 Å². The van der Waals surface area contributed by atoms with Crippen molar-refractivity contribution in [1.29, 1.82) is 0 Å². The standard InChI is InChI=1S/C19H21N5O3S/c20-17-4-2-14(12-21-17)13-1-3-15-16(11-13)28-18(22-15)23-19(25)27-10-7-24-5-8-26-9-6-24/h1-4,11-12H,5-10H2,(H2,20,21)(H,22,23,25). The van der Waals surface area contributed by atoms with Gasteiger partial charge < -0.3 is 15.2 Å². The molecule has 3 heterocycles. The Hall–Kier alpha value is -2.75. The fourth-order valence-corrected chi connectivity index (χ4v) is 3.84. The van der Waals surface area contributed by atoms with Crippen LogP contribution in [0.25, 0.3) is 21.3 Å². The minimum absolute atomic E-state index is 0.338. The van der Waals surface area contributed by atoms with E-state index in [1.165, 1.54) is 11.3 Å². The van der Waals surface area contributed by atoms with E-state index >= 15 is 0 Å². The van der Waals surface area contributed by atoms with Crippen LogP contribution in [0.2, 0.25) is 0 Å². The van der Waals surface area contributed by atoms with Gasteiger partial charge in [-0.1, -0.05) is 17.4 Å². The molecule has 1 aliphatic heterocycles. The first kappa shape index (κ1) is 18.6. The number of thiazole rings is 1. The van der Waals surface area contributed by atoms with Gasteiger partial charge in [0.05, 0.1) is 23.4 Å². The van der Waals surface area contributed by atoms with Crippen LogP contribution in [0.15, 0.2) is 36.5 Å². The normalized spacial score (nSPS) is 14.9. The van der Waals surface area contributed by atoms with Gasteiger partial charge >= 0.3 is 6.09 Å². The molecule has 0 spiro atoms. The Labute approximate surface area is 166 Å². The fourth-order valence-electron chi connectivity index (χ4n) is 2.95. The van der Waals surface area contributed by atoms with E-state index < -0.39 is 6.09 Å². The lowest BCUT2D eigenvalue weighted by molar-refractivity contribution is 0.0290. The average Bonchev–Trinajstić information content (AvgIpc) is 3.10. The zero-order valence-corrected chi connectivity index (χ0v) is 16.1. The Balaban J connectivity index is 1.36. The van der Waals surface area contributed by atoms with E-state index in [9.17, 15) is 4.79 Å². The number of nitrogen functional groups attached to an aromatic ring is 1. The summed E-state index contributed by atoms with van der Waals surface area (Å²) >= 11 is 1.40. The van der Waals surface area contributed by atoms with Crippen LogP contribution in [-0.2, 0) is 9.47 Å². The number of rotatable bonds is 5. The molecule has 2 aromatic heterocycles. The molecule has 28 heavy (non-hydrogen) atoms. The summed E-state index contributed by atoms with van der Waals surface area (Å²) in [7, 11) is 0. The van der Waals surface area contributed by atoms with Crippen molar-refractivity contribution in [3.8, 4) is 11.1 Å². The second-order valence-corrected chi connectivity index (χ2v) is 7.42. The highest BCUT2D eigenvalue weighted by atomic mass is 32.1. The third kappa shape index (κ3) is 4.56. The van der Waals surface area contributed by atoms with Crippen molar-refractivity contribution in [2.75, 3.05) is 50.5 Å². The Morgan fingerprint density at radius 3 is 2.86 bits per heavy atom. The van der Waals surface area contributed by atoms with Crippen LogP contribution in [0.3, 0.4) is 0 Å². The van der Waals surface area contributed by atoms with Crippen molar-refractivity contribution in [2.24, 2.45) is 0 Å². The highest BCUT2D eigenvalue weighted by Crippen LogP contribution is 2.30. The fraction of sp³-hybridized carbons (Fsp3) is 0.316. The third-order valence-electron chi connectivity index (χ3n) is 4.46. The summed E-state index contributed by atoms with van der Waals surface area (Å²) in [5, 5.41) is 3.22. The number of carbonyl (C=O) groups is 1. The number of hydrogen-bond donors (Lipinski definition) is 2. The number of morpholine rings is 1. The third-order valence-corrected chi connectivity index (χ3v) is 5.40. The van der Waals surface area contributed by atoms with Crippen LogP contribution in [0, 0.1) is 0 Å². The highest BCUT2D eigenvalue weighted by Gasteiger charge is 2.13. The van der Waals surface area contributed by atoms with Crippen LogP contribution in [-0.4, -0.2) is 60.4 Å². The number of ether oxygens (including phenoxy) is 2. The number of aromatic nitrogens is 2. The van der Waals surface area contributed by atoms with Gasteiger partial charge in [-0.05, 0) is 29.8 Å². The molecule has 0 atom stereocenters. The van der Waals surface area contributed by atoms with Gasteiger partial charge in [-0.15, -0.1) is 0 Å². The summed E-state index contributed by atoms with van der Waals surface area (Å²) in [5.74, 6) is 0.487. The second-order valence-electron chi connectivity index (χ2n) is 6.39. The van der Waals surface area contributed by atoms with Gasteiger partial charge in [0.1, 0.15) is 12.4 Å². The van der Waals surface area contributed by atoms with Crippen molar-refractivity contribution in [3.63, 3.8) is 0 Å². The molecule has 0 unspecified atom stereocenters. The molecule has 1 amide bonds. The van der Waals surface area contributed by atoms with Gasteiger partial charge in [0.15, 0.2) is 5.13 Å². The molecule has 4 rings (SSSR count). The number of nitrogens with zero attached hydrogens (tertiary/aromatic N) is 3. The van der Waals surface area contributed by atoms with Gasteiger partial charge in [0.2, 0.25) is 0 Å². The molecule has 0 bridgehead atoms. The quantitative estimate of drug-likeness (QED) is 0.680. The lowest BCUT2D eigenvalue weighted by Crippen LogP contribution is -2.38. The Kier molecular flexibility index (Phi) is 5.65. The molecule has 0 aliphatic carbocycles. The summed E-state index contributed by atoms with van der Waals surface area (Å²) < 4.78 is 11.5. The van der Waals surface area contributed by atoms with Crippen molar-refractivity contribution < 1.29 is 14.3 Å². The number of amides is 1. The van der Waals surface area contributed by atoms with Gasteiger partial charge in [-0.3, -0.25) is 10.2 Å². The van der Waals surface area contributed by atoms with E-state index in [0.717, 1.165) is 47.6 Å². The summed E-state index contributed by atoms with van der Waals surface area (Å²) in [6.07, 6.45) is 1.25. The van der Waals surface area contributed by atoms with Crippen LogP contribution in [0.1, 0.15) is 0 Å². The molecule has 3 aromatic rings. The summed E-state index contributed by atoms with van der Waals surface area (Å²) in [6.45, 7) is 4.24. The second kappa shape index (κ2) is 8.51. The summed E-state index contributed by atoms with van der Waals surface area (Å²) in [5.41, 5.74) is 8.45. The zero-order valence-electron chi connectivity index (χ0n) is 15.3. The molecular formula is C19H21N5O3S. The molecule has 8 nitrogen and oxygen atoms in total. The molecule has 9 heteroatoms. The van der Waals surface area contributed by atoms with E-state index in [4.69, 9.17) is 15.2 Å². The van der Waals surface area contributed by atoms with E-state index in [1.807, 2.05) is 24.3 Å². The SMILES string of the molecule is Nc1ccc(-c2ccc3nc(NC(=O)OCCN4CCOCC4)sc3c2)cn1. The van der Waals surface area contributed by atoms with Crippen molar-refractivity contribution in [3.05, 3.63) is 36.5 Å². The molecule has 1 saturated heterocycles. The van der Waals surface area contributed by atoms with E-state index in [1.54, 1.807) is 12.3 Å². The summed E-state index contributed by atoms with van der Waals surface area (Å²) in [4.78, 5) is 22.8. The molecule has 3 N–H and O–H groups in total. The van der Waals surface area contributed by atoms with Crippen LogP contribution in [0.5, 0.6) is 0 Å². The summed E-state index contributed by atoms with van der Waals surface area (Å²) in [6, 6.07) is 9.61. The van der Waals surface area contributed by atoms with E-state index in [-0.39, 0.29) is 0 Å². The van der Waals surface area contributed by atoms with Gasteiger partial charge in [-0.25, -0.2) is 14.8 Å². The Morgan fingerprint density at radius 2 is 2.07 bits per heavy atom. The smallest absolute Gasteiger partial charge is 0.413 e. The predicted octanol–water partition coefficient (Wildman–Crippen LogP) is 2.82. The first-order valence-electron chi connectivity index (χ1n) is 9.04. The maximum atomic E-state index is 12.0. The Morgan fingerprint density at radius 1 is 1.25 bits per heavy atom. The van der Waals surface area contributed by atoms with Crippen molar-refractivity contribution in [1.82, 2.24) is 14.9 Å². The lowest BCUT2D eigenvalue weighted by atomic mass is 10.1.